The van der Waals surface area contributed by atoms with Crippen LogP contribution in [0.3, 0.4) is 0 Å². The summed E-state index contributed by atoms with van der Waals surface area (Å²) in [4.78, 5) is 16.5. The third-order valence-electron chi connectivity index (χ3n) is 3.63. The molecule has 140 valence electrons. The topological polar surface area (TPSA) is 89.1 Å². The smallest absolute Gasteiger partial charge is 0.259 e. The molecule has 0 atom stereocenters. The van der Waals surface area contributed by atoms with Crippen molar-refractivity contribution in [2.45, 2.75) is 0 Å². The lowest BCUT2D eigenvalue weighted by atomic mass is 10.2. The predicted octanol–water partition coefficient (Wildman–Crippen LogP) is 4.19. The van der Waals surface area contributed by atoms with Crippen molar-refractivity contribution in [2.75, 3.05) is 19.5 Å². The van der Waals surface area contributed by atoms with E-state index >= 15 is 0 Å². The summed E-state index contributed by atoms with van der Waals surface area (Å²) < 4.78 is 24.1. The third-order valence-corrected chi connectivity index (χ3v) is 4.23. The van der Waals surface area contributed by atoms with E-state index in [0.717, 1.165) is 12.1 Å². The highest BCUT2D eigenvalue weighted by Crippen LogP contribution is 2.31. The van der Waals surface area contributed by atoms with Crippen LogP contribution in [-0.4, -0.2) is 35.3 Å². The van der Waals surface area contributed by atoms with Gasteiger partial charge in [0.25, 0.3) is 5.91 Å². The molecule has 2 aromatic carbocycles. The average Bonchev–Trinajstić information content (AvgIpc) is 3.12. The number of hydrogen-bond acceptors (Lipinski definition) is 5. The van der Waals surface area contributed by atoms with Crippen LogP contribution in [-0.2, 0) is 0 Å². The number of amides is 1. The van der Waals surface area contributed by atoms with Gasteiger partial charge in [0.05, 0.1) is 35.4 Å². The molecule has 0 spiro atoms. The van der Waals surface area contributed by atoms with E-state index in [1.165, 1.54) is 7.11 Å². The van der Waals surface area contributed by atoms with Crippen LogP contribution in [0.4, 0.5) is 10.3 Å². The number of nitrogens with one attached hydrogen (secondary N) is 2. The second-order valence-electron chi connectivity index (χ2n) is 5.27. The van der Waals surface area contributed by atoms with Gasteiger partial charge >= 0.3 is 0 Å². The fourth-order valence-electron chi connectivity index (χ4n) is 2.30. The number of aromatic nitrogens is 3. The molecule has 3 aromatic rings. The molecular weight excluding hydrogens is 398 g/mol. The first kappa shape index (κ1) is 18.9. The molecular formula is C17H13Cl2FN4O3. The predicted molar refractivity (Wildman–Crippen MR) is 99.3 cm³/mol. The van der Waals surface area contributed by atoms with Crippen LogP contribution < -0.4 is 14.8 Å². The zero-order valence-corrected chi connectivity index (χ0v) is 15.7. The average molecular weight is 411 g/mol. The van der Waals surface area contributed by atoms with E-state index in [1.54, 1.807) is 25.3 Å². The summed E-state index contributed by atoms with van der Waals surface area (Å²) in [5, 5.41) is 8.90. The molecule has 0 saturated heterocycles. The number of carbonyl (C=O) groups is 1. The van der Waals surface area contributed by atoms with Gasteiger partial charge in [-0.3, -0.25) is 15.2 Å². The molecule has 1 heterocycles. The Balaban J connectivity index is 1.85. The molecule has 0 unspecified atom stereocenters. The van der Waals surface area contributed by atoms with Gasteiger partial charge in [-0.15, -0.1) is 5.10 Å². The van der Waals surface area contributed by atoms with Gasteiger partial charge in [0.15, 0.2) is 5.82 Å². The Morgan fingerprint density at radius 1 is 1.15 bits per heavy atom. The first-order valence-electron chi connectivity index (χ1n) is 7.53. The molecule has 0 aliphatic carbocycles. The number of rotatable bonds is 5. The minimum atomic E-state index is -0.759. The largest absolute Gasteiger partial charge is 0.497 e. The SMILES string of the molecule is COc1ccc(-c2nc(NC(=O)c3cc(F)c(Cl)cc3Cl)n[nH]2)c(OC)c1. The Kier molecular flexibility index (Phi) is 5.48. The zero-order chi connectivity index (χ0) is 19.6. The molecule has 3 rings (SSSR count). The number of benzene rings is 2. The quantitative estimate of drug-likeness (QED) is 0.615. The summed E-state index contributed by atoms with van der Waals surface area (Å²) >= 11 is 11.6. The summed E-state index contributed by atoms with van der Waals surface area (Å²) in [5.74, 6) is 0.0272. The van der Waals surface area contributed by atoms with Crippen LogP contribution in [0.15, 0.2) is 30.3 Å². The van der Waals surface area contributed by atoms with Gasteiger partial charge in [0.2, 0.25) is 5.95 Å². The molecule has 0 fully saturated rings. The molecule has 0 radical (unpaired) electrons. The van der Waals surface area contributed by atoms with Crippen molar-refractivity contribution in [2.24, 2.45) is 0 Å². The van der Waals surface area contributed by atoms with E-state index in [1.807, 2.05) is 0 Å². The molecule has 2 N–H and O–H groups in total. The number of H-pyrrole nitrogens is 1. The minimum Gasteiger partial charge on any atom is -0.497 e. The van der Waals surface area contributed by atoms with Crippen LogP contribution in [0.25, 0.3) is 11.4 Å². The van der Waals surface area contributed by atoms with Gasteiger partial charge in [-0.05, 0) is 24.3 Å². The minimum absolute atomic E-state index is 0.00600. The standard InChI is InChI=1S/C17H13Cl2FN4O3/c1-26-8-3-4-9(14(5-8)27-2)15-21-17(24-23-15)22-16(25)10-6-13(20)12(19)7-11(10)18/h3-7H,1-2H3,(H2,21,22,23,24,25). The molecule has 10 heteroatoms. The van der Waals surface area contributed by atoms with Crippen molar-refractivity contribution in [3.63, 3.8) is 0 Å². The van der Waals surface area contributed by atoms with Crippen LogP contribution in [0.1, 0.15) is 10.4 Å². The Morgan fingerprint density at radius 3 is 2.63 bits per heavy atom. The van der Waals surface area contributed by atoms with Crippen LogP contribution in [0.2, 0.25) is 10.0 Å². The highest BCUT2D eigenvalue weighted by Gasteiger charge is 2.17. The molecule has 27 heavy (non-hydrogen) atoms. The summed E-state index contributed by atoms with van der Waals surface area (Å²) in [6, 6.07) is 7.25. The number of carbonyl (C=O) groups excluding carboxylic acids is 1. The van der Waals surface area contributed by atoms with Crippen LogP contribution in [0.5, 0.6) is 11.5 Å². The number of hydrogen-bond donors (Lipinski definition) is 2. The molecule has 0 bridgehead atoms. The van der Waals surface area contributed by atoms with Crippen molar-refractivity contribution in [1.82, 2.24) is 15.2 Å². The lowest BCUT2D eigenvalue weighted by Crippen LogP contribution is -2.14. The van der Waals surface area contributed by atoms with Gasteiger partial charge in [-0.2, -0.15) is 4.98 Å². The monoisotopic (exact) mass is 410 g/mol. The van der Waals surface area contributed by atoms with Crippen molar-refractivity contribution in [3.05, 3.63) is 51.8 Å². The summed E-state index contributed by atoms with van der Waals surface area (Å²) in [7, 11) is 3.05. The Morgan fingerprint density at radius 2 is 1.93 bits per heavy atom. The van der Waals surface area contributed by atoms with E-state index in [-0.39, 0.29) is 21.6 Å². The maximum atomic E-state index is 13.6. The maximum absolute atomic E-state index is 13.6. The van der Waals surface area contributed by atoms with Gasteiger partial charge in [-0.25, -0.2) is 4.39 Å². The molecule has 0 aliphatic heterocycles. The van der Waals surface area contributed by atoms with Crippen molar-refractivity contribution in [1.29, 1.82) is 0 Å². The van der Waals surface area contributed by atoms with E-state index < -0.39 is 11.7 Å². The number of aromatic amines is 1. The van der Waals surface area contributed by atoms with Gasteiger partial charge in [0, 0.05) is 6.07 Å². The van der Waals surface area contributed by atoms with Gasteiger partial charge in [0.1, 0.15) is 17.3 Å². The maximum Gasteiger partial charge on any atom is 0.259 e. The number of nitrogens with zero attached hydrogens (tertiary/aromatic N) is 2. The molecule has 1 amide bonds. The first-order valence-corrected chi connectivity index (χ1v) is 8.29. The van der Waals surface area contributed by atoms with Gasteiger partial charge in [-0.1, -0.05) is 23.2 Å². The van der Waals surface area contributed by atoms with Crippen LogP contribution >= 0.6 is 23.2 Å². The Bertz CT molecular complexity index is 1010. The number of ether oxygens (including phenoxy) is 2. The molecule has 1 aromatic heterocycles. The first-order chi connectivity index (χ1) is 12.9. The van der Waals surface area contributed by atoms with E-state index in [4.69, 9.17) is 32.7 Å². The molecule has 0 aliphatic rings. The fourth-order valence-corrected chi connectivity index (χ4v) is 2.77. The van der Waals surface area contributed by atoms with E-state index in [2.05, 4.69) is 20.5 Å². The Labute approximate surface area is 163 Å². The normalized spacial score (nSPS) is 10.6. The highest BCUT2D eigenvalue weighted by atomic mass is 35.5. The summed E-state index contributed by atoms with van der Waals surface area (Å²) in [6.45, 7) is 0. The second kappa shape index (κ2) is 7.81. The van der Waals surface area contributed by atoms with E-state index in [9.17, 15) is 9.18 Å². The number of anilines is 1. The Hall–Kier alpha value is -2.84. The number of halogens is 3. The fraction of sp³-hybridized carbons (Fsp3) is 0.118. The summed E-state index contributed by atoms with van der Waals surface area (Å²) in [5.41, 5.74) is 0.522. The zero-order valence-electron chi connectivity index (χ0n) is 14.1. The lowest BCUT2D eigenvalue weighted by molar-refractivity contribution is 0.102. The third kappa shape index (κ3) is 3.96. The molecule has 0 saturated carbocycles. The molecule has 7 nitrogen and oxygen atoms in total. The van der Waals surface area contributed by atoms with Crippen molar-refractivity contribution in [3.8, 4) is 22.9 Å². The van der Waals surface area contributed by atoms with E-state index in [0.29, 0.717) is 22.9 Å². The van der Waals surface area contributed by atoms with Crippen molar-refractivity contribution >= 4 is 35.1 Å². The van der Waals surface area contributed by atoms with Crippen LogP contribution in [0, 0.1) is 5.82 Å². The number of methoxy groups -OCH3 is 2. The lowest BCUT2D eigenvalue weighted by Gasteiger charge is -2.08. The highest BCUT2D eigenvalue weighted by molar-refractivity contribution is 6.37. The van der Waals surface area contributed by atoms with Crippen molar-refractivity contribution < 1.29 is 18.7 Å². The van der Waals surface area contributed by atoms with Gasteiger partial charge < -0.3 is 9.47 Å². The summed E-state index contributed by atoms with van der Waals surface area (Å²) in [6.07, 6.45) is 0. The second-order valence-corrected chi connectivity index (χ2v) is 6.09.